The van der Waals surface area contributed by atoms with Crippen molar-refractivity contribution in [3.8, 4) is 5.69 Å². The highest BCUT2D eigenvalue weighted by molar-refractivity contribution is 9.10. The van der Waals surface area contributed by atoms with Gasteiger partial charge in [-0.3, -0.25) is 9.59 Å². The van der Waals surface area contributed by atoms with Crippen LogP contribution in [0.3, 0.4) is 0 Å². The Morgan fingerprint density at radius 2 is 1.78 bits per heavy atom. The van der Waals surface area contributed by atoms with Gasteiger partial charge >= 0.3 is 0 Å². The summed E-state index contributed by atoms with van der Waals surface area (Å²) in [5.41, 5.74) is 2.37. The highest BCUT2D eigenvalue weighted by Crippen LogP contribution is 2.24. The van der Waals surface area contributed by atoms with Gasteiger partial charge in [0, 0.05) is 29.5 Å². The van der Waals surface area contributed by atoms with Crippen LogP contribution < -0.4 is 5.32 Å². The molecule has 0 spiro atoms. The van der Waals surface area contributed by atoms with Crippen LogP contribution in [0.5, 0.6) is 0 Å². The Morgan fingerprint density at radius 3 is 2.41 bits per heavy atom. The van der Waals surface area contributed by atoms with E-state index in [4.69, 9.17) is 0 Å². The number of halogens is 1. The molecule has 1 saturated heterocycles. The number of benzene rings is 1. The normalized spacial score (nSPS) is 17.8. The molecule has 2 aliphatic rings. The summed E-state index contributed by atoms with van der Waals surface area (Å²) in [6.07, 6.45) is 5.30. The molecule has 1 aromatic heterocycles. The Hall–Kier alpha value is -2.15. The molecule has 1 aliphatic heterocycles. The number of carbonyl (C=O) groups excluding carboxylic acids is 2. The fourth-order valence-corrected chi connectivity index (χ4v) is 3.79. The van der Waals surface area contributed by atoms with E-state index in [0.29, 0.717) is 24.7 Å². The number of hydrogen-bond acceptors (Lipinski definition) is 3. The van der Waals surface area contributed by atoms with Crippen LogP contribution in [-0.4, -0.2) is 45.6 Å². The predicted octanol–water partition coefficient (Wildman–Crippen LogP) is 3.07. The van der Waals surface area contributed by atoms with Crippen molar-refractivity contribution in [2.75, 3.05) is 13.1 Å². The van der Waals surface area contributed by atoms with Gasteiger partial charge in [-0.15, -0.1) is 0 Å². The minimum Gasteiger partial charge on any atom is -0.353 e. The van der Waals surface area contributed by atoms with E-state index in [2.05, 4.69) is 26.3 Å². The van der Waals surface area contributed by atoms with Gasteiger partial charge in [-0.1, -0.05) is 15.9 Å². The van der Waals surface area contributed by atoms with Crippen LogP contribution in [0.2, 0.25) is 0 Å². The summed E-state index contributed by atoms with van der Waals surface area (Å²) in [7, 11) is 0. The first kappa shape index (κ1) is 18.2. The molecule has 1 aromatic carbocycles. The molecule has 27 heavy (non-hydrogen) atoms. The van der Waals surface area contributed by atoms with E-state index in [0.717, 1.165) is 41.5 Å². The summed E-state index contributed by atoms with van der Waals surface area (Å²) in [6, 6.07) is 8.22. The average Bonchev–Trinajstić information content (AvgIpc) is 3.41. The van der Waals surface area contributed by atoms with Crippen molar-refractivity contribution in [2.24, 2.45) is 5.92 Å². The van der Waals surface area contributed by atoms with Crippen molar-refractivity contribution < 1.29 is 9.59 Å². The number of carbonyl (C=O) groups is 2. The Bertz CT molecular complexity index is 849. The summed E-state index contributed by atoms with van der Waals surface area (Å²) in [4.78, 5) is 27.0. The second-order valence-corrected chi connectivity index (χ2v) is 8.30. The number of nitrogens with zero attached hydrogens (tertiary/aromatic N) is 3. The second kappa shape index (κ2) is 7.46. The van der Waals surface area contributed by atoms with Gasteiger partial charge < -0.3 is 10.2 Å². The number of amides is 2. The molecule has 1 aliphatic carbocycles. The van der Waals surface area contributed by atoms with Crippen molar-refractivity contribution in [2.45, 2.75) is 38.6 Å². The molecule has 2 heterocycles. The molecule has 2 amide bonds. The Balaban J connectivity index is 1.41. The van der Waals surface area contributed by atoms with Gasteiger partial charge in [-0.25, -0.2) is 4.68 Å². The first-order chi connectivity index (χ1) is 13.0. The molecule has 142 valence electrons. The molecule has 0 bridgehead atoms. The van der Waals surface area contributed by atoms with Crippen LogP contribution in [0.25, 0.3) is 5.69 Å². The molecule has 4 rings (SSSR count). The molecule has 7 heteroatoms. The minimum absolute atomic E-state index is 0.00286. The van der Waals surface area contributed by atoms with Crippen LogP contribution in [0.15, 0.2) is 34.9 Å². The van der Waals surface area contributed by atoms with E-state index < -0.39 is 0 Å². The van der Waals surface area contributed by atoms with Crippen molar-refractivity contribution >= 4 is 27.7 Å². The average molecular weight is 431 g/mol. The van der Waals surface area contributed by atoms with Crippen molar-refractivity contribution in [1.29, 1.82) is 0 Å². The molecule has 1 N–H and O–H groups in total. The molecular weight excluding hydrogens is 408 g/mol. The third kappa shape index (κ3) is 3.93. The summed E-state index contributed by atoms with van der Waals surface area (Å²) in [5.74, 6) is 0.182. The van der Waals surface area contributed by atoms with E-state index in [1.165, 1.54) is 0 Å². The lowest BCUT2D eigenvalue weighted by atomic mass is 9.95. The third-order valence-electron chi connectivity index (χ3n) is 5.39. The lowest BCUT2D eigenvalue weighted by molar-refractivity contribution is -0.126. The molecule has 0 atom stereocenters. The van der Waals surface area contributed by atoms with E-state index in [-0.39, 0.29) is 17.7 Å². The first-order valence-corrected chi connectivity index (χ1v) is 10.2. The van der Waals surface area contributed by atoms with Crippen LogP contribution in [0.4, 0.5) is 0 Å². The quantitative estimate of drug-likeness (QED) is 0.809. The number of aromatic nitrogens is 2. The van der Waals surface area contributed by atoms with E-state index >= 15 is 0 Å². The van der Waals surface area contributed by atoms with Gasteiger partial charge in [0.2, 0.25) is 5.91 Å². The number of rotatable bonds is 4. The molecular formula is C20H23BrN4O2. The minimum atomic E-state index is -0.00286. The largest absolute Gasteiger partial charge is 0.353 e. The SMILES string of the molecule is Cc1c(C(=O)N2CCC(C(=O)NC3CC3)CC2)cnn1-c1ccc(Br)cc1. The molecule has 2 aromatic rings. The monoisotopic (exact) mass is 430 g/mol. The summed E-state index contributed by atoms with van der Waals surface area (Å²) in [5, 5.41) is 7.48. The van der Waals surface area contributed by atoms with Crippen LogP contribution in [-0.2, 0) is 4.79 Å². The fraction of sp³-hybridized carbons (Fsp3) is 0.450. The van der Waals surface area contributed by atoms with Crippen molar-refractivity contribution in [3.05, 3.63) is 46.2 Å². The van der Waals surface area contributed by atoms with Gasteiger partial charge in [0.15, 0.2) is 0 Å². The second-order valence-electron chi connectivity index (χ2n) is 7.38. The summed E-state index contributed by atoms with van der Waals surface area (Å²) >= 11 is 3.43. The summed E-state index contributed by atoms with van der Waals surface area (Å²) < 4.78 is 2.79. The van der Waals surface area contributed by atoms with Gasteiger partial charge in [-0.2, -0.15) is 5.10 Å². The topological polar surface area (TPSA) is 67.2 Å². The number of hydrogen-bond donors (Lipinski definition) is 1. The zero-order valence-electron chi connectivity index (χ0n) is 15.3. The van der Waals surface area contributed by atoms with Crippen molar-refractivity contribution in [3.63, 3.8) is 0 Å². The Labute approximate surface area is 167 Å². The van der Waals surface area contributed by atoms with Crippen LogP contribution in [0.1, 0.15) is 41.7 Å². The van der Waals surface area contributed by atoms with E-state index in [9.17, 15) is 9.59 Å². The molecule has 6 nitrogen and oxygen atoms in total. The zero-order chi connectivity index (χ0) is 19.0. The van der Waals surface area contributed by atoms with Gasteiger partial charge in [0.1, 0.15) is 0 Å². The number of piperidine rings is 1. The van der Waals surface area contributed by atoms with Crippen LogP contribution in [0, 0.1) is 12.8 Å². The lowest BCUT2D eigenvalue weighted by Gasteiger charge is -2.31. The third-order valence-corrected chi connectivity index (χ3v) is 5.92. The summed E-state index contributed by atoms with van der Waals surface area (Å²) in [6.45, 7) is 3.15. The number of likely N-dealkylation sites (tertiary alicyclic amines) is 1. The van der Waals surface area contributed by atoms with E-state index in [1.54, 1.807) is 10.9 Å². The standard InChI is InChI=1S/C20H23BrN4O2/c1-13-18(12-22-25(13)17-6-2-15(21)3-7-17)20(27)24-10-8-14(9-11-24)19(26)23-16-4-5-16/h2-3,6-7,12,14,16H,4-5,8-11H2,1H3,(H,23,26). The van der Waals surface area contributed by atoms with Crippen molar-refractivity contribution in [1.82, 2.24) is 20.0 Å². The molecule has 0 unspecified atom stereocenters. The zero-order valence-corrected chi connectivity index (χ0v) is 16.9. The molecule has 0 radical (unpaired) electrons. The van der Waals surface area contributed by atoms with Crippen LogP contribution >= 0.6 is 15.9 Å². The maximum Gasteiger partial charge on any atom is 0.257 e. The first-order valence-electron chi connectivity index (χ1n) is 9.43. The molecule has 2 fully saturated rings. The Morgan fingerprint density at radius 1 is 1.11 bits per heavy atom. The lowest BCUT2D eigenvalue weighted by Crippen LogP contribution is -2.43. The highest BCUT2D eigenvalue weighted by atomic mass is 79.9. The highest BCUT2D eigenvalue weighted by Gasteiger charge is 2.32. The Kier molecular flexibility index (Phi) is 5.04. The molecule has 1 saturated carbocycles. The van der Waals surface area contributed by atoms with Gasteiger partial charge in [0.05, 0.1) is 23.1 Å². The smallest absolute Gasteiger partial charge is 0.257 e. The fourth-order valence-electron chi connectivity index (χ4n) is 3.52. The van der Waals surface area contributed by atoms with Gasteiger partial charge in [0.25, 0.3) is 5.91 Å². The maximum absolute atomic E-state index is 12.9. The van der Waals surface area contributed by atoms with Gasteiger partial charge in [-0.05, 0) is 56.9 Å². The number of nitrogens with one attached hydrogen (secondary N) is 1. The maximum atomic E-state index is 12.9. The van der Waals surface area contributed by atoms with E-state index in [1.807, 2.05) is 36.1 Å². The predicted molar refractivity (Wildman–Crippen MR) is 106 cm³/mol.